The number of unbranched alkanes of at least 4 members (excludes halogenated alkanes) is 3. The molecule has 0 aliphatic heterocycles. The van der Waals surface area contributed by atoms with E-state index >= 15 is 0 Å². The smallest absolute Gasteiger partial charge is 0.339 e. The minimum absolute atomic E-state index is 0.0613. The highest BCUT2D eigenvalue weighted by atomic mass is 16.5. The summed E-state index contributed by atoms with van der Waals surface area (Å²) in [6.07, 6.45) is 5.21. The molecule has 0 fully saturated rings. The monoisotopic (exact) mass is 378 g/mol. The number of ketones is 1. The molecular formula is C24H26O4. The van der Waals surface area contributed by atoms with Crippen molar-refractivity contribution >= 4 is 16.8 Å². The van der Waals surface area contributed by atoms with E-state index in [1.807, 2.05) is 37.3 Å². The Labute approximate surface area is 165 Å². The average molecular weight is 378 g/mol. The molecule has 0 atom stereocenters. The lowest BCUT2D eigenvalue weighted by Crippen LogP contribution is -2.12. The quantitative estimate of drug-likeness (QED) is 0.281. The lowest BCUT2D eigenvalue weighted by atomic mass is 10.0. The zero-order valence-corrected chi connectivity index (χ0v) is 16.5. The van der Waals surface area contributed by atoms with E-state index in [1.54, 1.807) is 18.2 Å². The number of fused-ring (bicyclic) bond motifs is 1. The van der Waals surface area contributed by atoms with Crippen LogP contribution in [0.1, 0.15) is 54.1 Å². The Morgan fingerprint density at radius 2 is 1.82 bits per heavy atom. The van der Waals surface area contributed by atoms with Gasteiger partial charge in [-0.15, -0.1) is 0 Å². The van der Waals surface area contributed by atoms with Gasteiger partial charge < -0.3 is 9.15 Å². The van der Waals surface area contributed by atoms with E-state index in [1.165, 1.54) is 12.8 Å². The van der Waals surface area contributed by atoms with Crippen molar-refractivity contribution < 1.29 is 13.9 Å². The maximum Gasteiger partial charge on any atom is 0.339 e. The summed E-state index contributed by atoms with van der Waals surface area (Å²) in [6.45, 7) is 4.07. The van der Waals surface area contributed by atoms with Crippen LogP contribution in [0.5, 0.6) is 5.75 Å². The first-order valence-corrected chi connectivity index (χ1v) is 9.87. The van der Waals surface area contributed by atoms with Gasteiger partial charge in [0.05, 0.1) is 0 Å². The molecule has 4 heteroatoms. The molecule has 28 heavy (non-hydrogen) atoms. The molecule has 3 aromatic rings. The SMILES string of the molecule is CCCCCCc1c(C)c2ccc(OCC(=O)c3ccccc3)cc2oc1=O. The normalized spacial score (nSPS) is 10.9. The van der Waals surface area contributed by atoms with Gasteiger partial charge in [-0.05, 0) is 37.5 Å². The van der Waals surface area contributed by atoms with Crippen molar-refractivity contribution in [3.8, 4) is 5.75 Å². The number of hydrogen-bond donors (Lipinski definition) is 0. The number of Topliss-reactive ketones (excluding diaryl/α,β-unsaturated/α-hetero) is 1. The zero-order valence-electron chi connectivity index (χ0n) is 16.5. The molecule has 0 saturated heterocycles. The van der Waals surface area contributed by atoms with Crippen LogP contribution in [-0.4, -0.2) is 12.4 Å². The van der Waals surface area contributed by atoms with Crippen LogP contribution in [0.2, 0.25) is 0 Å². The van der Waals surface area contributed by atoms with Crippen molar-refractivity contribution in [3.05, 3.63) is 75.6 Å². The van der Waals surface area contributed by atoms with Gasteiger partial charge in [-0.1, -0.05) is 56.5 Å². The van der Waals surface area contributed by atoms with E-state index < -0.39 is 0 Å². The summed E-state index contributed by atoms with van der Waals surface area (Å²) in [5, 5.41) is 0.909. The molecule has 0 unspecified atom stereocenters. The predicted molar refractivity (Wildman–Crippen MR) is 111 cm³/mol. The maximum atomic E-state index is 12.4. The Balaban J connectivity index is 1.74. The van der Waals surface area contributed by atoms with E-state index in [2.05, 4.69) is 6.92 Å². The largest absolute Gasteiger partial charge is 0.485 e. The second-order valence-corrected chi connectivity index (χ2v) is 7.04. The van der Waals surface area contributed by atoms with E-state index in [0.29, 0.717) is 16.9 Å². The topological polar surface area (TPSA) is 56.5 Å². The molecule has 0 amide bonds. The maximum absolute atomic E-state index is 12.4. The first-order chi connectivity index (χ1) is 13.6. The molecule has 2 aromatic carbocycles. The third-order valence-corrected chi connectivity index (χ3v) is 5.00. The fraction of sp³-hybridized carbons (Fsp3) is 0.333. The number of ether oxygens (including phenoxy) is 1. The molecule has 0 aliphatic rings. The molecule has 146 valence electrons. The van der Waals surface area contributed by atoms with Gasteiger partial charge in [-0.2, -0.15) is 0 Å². The van der Waals surface area contributed by atoms with Crippen molar-refractivity contribution in [1.82, 2.24) is 0 Å². The number of hydrogen-bond acceptors (Lipinski definition) is 4. The minimum Gasteiger partial charge on any atom is -0.485 e. The Kier molecular flexibility index (Phi) is 6.64. The van der Waals surface area contributed by atoms with Crippen LogP contribution >= 0.6 is 0 Å². The van der Waals surface area contributed by atoms with Crippen molar-refractivity contribution in [2.45, 2.75) is 46.0 Å². The number of benzene rings is 2. The van der Waals surface area contributed by atoms with Gasteiger partial charge in [0.1, 0.15) is 11.3 Å². The summed E-state index contributed by atoms with van der Waals surface area (Å²) >= 11 is 0. The van der Waals surface area contributed by atoms with Crippen molar-refractivity contribution in [2.75, 3.05) is 6.61 Å². The summed E-state index contributed by atoms with van der Waals surface area (Å²) in [6, 6.07) is 14.4. The van der Waals surface area contributed by atoms with Gasteiger partial charge in [0.2, 0.25) is 0 Å². The molecule has 0 saturated carbocycles. The van der Waals surface area contributed by atoms with Crippen LogP contribution in [0.15, 0.2) is 57.7 Å². The van der Waals surface area contributed by atoms with Gasteiger partial charge in [0.15, 0.2) is 12.4 Å². The summed E-state index contributed by atoms with van der Waals surface area (Å²) in [5.74, 6) is 0.413. The van der Waals surface area contributed by atoms with Crippen molar-refractivity contribution in [1.29, 1.82) is 0 Å². The Morgan fingerprint density at radius 1 is 1.04 bits per heavy atom. The fourth-order valence-corrected chi connectivity index (χ4v) is 3.34. The molecule has 4 nitrogen and oxygen atoms in total. The minimum atomic E-state index is -0.279. The lowest BCUT2D eigenvalue weighted by Gasteiger charge is -2.10. The second kappa shape index (κ2) is 9.36. The van der Waals surface area contributed by atoms with Crippen LogP contribution in [0.25, 0.3) is 11.0 Å². The van der Waals surface area contributed by atoms with Gasteiger partial charge in [0, 0.05) is 22.6 Å². The van der Waals surface area contributed by atoms with Gasteiger partial charge in [0.25, 0.3) is 0 Å². The van der Waals surface area contributed by atoms with Crippen LogP contribution < -0.4 is 10.4 Å². The summed E-state index contributed by atoms with van der Waals surface area (Å²) in [5.41, 5.74) is 2.55. The highest BCUT2D eigenvalue weighted by Crippen LogP contribution is 2.25. The highest BCUT2D eigenvalue weighted by molar-refractivity contribution is 5.97. The molecule has 1 heterocycles. The molecule has 0 radical (unpaired) electrons. The van der Waals surface area contributed by atoms with Crippen LogP contribution in [0.3, 0.4) is 0 Å². The molecule has 0 aliphatic carbocycles. The number of aryl methyl sites for hydroxylation is 1. The summed E-state index contributed by atoms with van der Waals surface area (Å²) < 4.78 is 11.2. The Hall–Kier alpha value is -2.88. The standard InChI is InChI=1S/C24H26O4/c1-3-4-5-9-12-21-17(2)20-14-13-19(15-23(20)28-24(21)26)27-16-22(25)18-10-7-6-8-11-18/h6-8,10-11,13-15H,3-5,9,12,16H2,1-2H3. The van der Waals surface area contributed by atoms with E-state index in [4.69, 9.17) is 9.15 Å². The van der Waals surface area contributed by atoms with Crippen LogP contribution in [0, 0.1) is 6.92 Å². The number of carbonyl (C=O) groups is 1. The second-order valence-electron chi connectivity index (χ2n) is 7.04. The first-order valence-electron chi connectivity index (χ1n) is 9.87. The van der Waals surface area contributed by atoms with E-state index in [9.17, 15) is 9.59 Å². The van der Waals surface area contributed by atoms with Gasteiger partial charge in [-0.25, -0.2) is 4.79 Å². The van der Waals surface area contributed by atoms with E-state index in [-0.39, 0.29) is 18.0 Å². The van der Waals surface area contributed by atoms with Crippen molar-refractivity contribution in [2.24, 2.45) is 0 Å². The Morgan fingerprint density at radius 3 is 2.57 bits per heavy atom. The third-order valence-electron chi connectivity index (χ3n) is 5.00. The Bertz CT molecular complexity index is 1000. The van der Waals surface area contributed by atoms with Crippen LogP contribution in [0.4, 0.5) is 0 Å². The molecule has 0 spiro atoms. The molecule has 1 aromatic heterocycles. The van der Waals surface area contributed by atoms with Gasteiger partial charge in [-0.3, -0.25) is 4.79 Å². The van der Waals surface area contributed by atoms with Gasteiger partial charge >= 0.3 is 5.63 Å². The molecule has 0 bridgehead atoms. The van der Waals surface area contributed by atoms with Crippen LogP contribution in [-0.2, 0) is 6.42 Å². The number of rotatable bonds is 9. The zero-order chi connectivity index (χ0) is 19.9. The summed E-state index contributed by atoms with van der Waals surface area (Å²) in [4.78, 5) is 24.6. The first kappa shape index (κ1) is 19.9. The third kappa shape index (κ3) is 4.69. The van der Waals surface area contributed by atoms with E-state index in [0.717, 1.165) is 35.8 Å². The lowest BCUT2D eigenvalue weighted by molar-refractivity contribution is 0.0921. The van der Waals surface area contributed by atoms with Crippen molar-refractivity contribution in [3.63, 3.8) is 0 Å². The number of carbonyl (C=O) groups excluding carboxylic acids is 1. The highest BCUT2D eigenvalue weighted by Gasteiger charge is 2.13. The molecule has 3 rings (SSSR count). The summed E-state index contributed by atoms with van der Waals surface area (Å²) in [7, 11) is 0. The predicted octanol–water partition coefficient (Wildman–Crippen LogP) is 5.49. The molecular weight excluding hydrogens is 352 g/mol. The molecule has 0 N–H and O–H groups in total. The average Bonchev–Trinajstić information content (AvgIpc) is 2.71. The fourth-order valence-electron chi connectivity index (χ4n) is 3.34.